The Kier molecular flexibility index (Phi) is 6.45. The second-order valence-corrected chi connectivity index (χ2v) is 7.32. The van der Waals surface area contributed by atoms with Crippen molar-refractivity contribution in [2.45, 2.75) is 26.2 Å². The minimum absolute atomic E-state index is 0. The molecule has 0 amide bonds. The number of likely N-dealkylation sites (tertiary alicyclic amines) is 1. The summed E-state index contributed by atoms with van der Waals surface area (Å²) in [4.78, 5) is 10.7. The molecule has 1 aromatic carbocycles. The number of aromatic amines is 1. The number of guanidine groups is 1. The highest BCUT2D eigenvalue weighted by Crippen LogP contribution is 2.38. The maximum Gasteiger partial charge on any atom is 0.193 e. The first kappa shape index (κ1) is 19.5. The second-order valence-electron chi connectivity index (χ2n) is 7.32. The zero-order valence-electron chi connectivity index (χ0n) is 15.5. The number of fused-ring (bicyclic) bond motifs is 1. The molecule has 0 saturated carbocycles. The van der Waals surface area contributed by atoms with Gasteiger partial charge in [-0.15, -0.1) is 24.0 Å². The summed E-state index contributed by atoms with van der Waals surface area (Å²) in [6, 6.07) is 8.47. The van der Waals surface area contributed by atoms with E-state index in [0.29, 0.717) is 5.41 Å². The van der Waals surface area contributed by atoms with Crippen LogP contribution in [-0.2, 0) is 11.2 Å². The Morgan fingerprint density at radius 2 is 2.23 bits per heavy atom. The summed E-state index contributed by atoms with van der Waals surface area (Å²) in [5.41, 5.74) is 2.92. The van der Waals surface area contributed by atoms with Gasteiger partial charge in [0.1, 0.15) is 0 Å². The summed E-state index contributed by atoms with van der Waals surface area (Å²) < 4.78 is 5.65. The molecule has 26 heavy (non-hydrogen) atoms. The smallest absolute Gasteiger partial charge is 0.193 e. The van der Waals surface area contributed by atoms with E-state index < -0.39 is 0 Å². The number of benzene rings is 1. The van der Waals surface area contributed by atoms with Crippen LogP contribution in [0.2, 0.25) is 0 Å². The van der Waals surface area contributed by atoms with Crippen LogP contribution in [0, 0.1) is 5.41 Å². The van der Waals surface area contributed by atoms with Gasteiger partial charge in [-0.05, 0) is 37.8 Å². The lowest BCUT2D eigenvalue weighted by Gasteiger charge is -2.25. The maximum atomic E-state index is 5.65. The summed E-state index contributed by atoms with van der Waals surface area (Å²) in [6.07, 6.45) is 5.49. The van der Waals surface area contributed by atoms with Crippen LogP contribution in [0.15, 0.2) is 35.5 Å². The van der Waals surface area contributed by atoms with Crippen LogP contribution in [0.1, 0.15) is 25.3 Å². The first-order valence-electron chi connectivity index (χ1n) is 9.46. The topological polar surface area (TPSA) is 52.7 Å². The molecule has 1 spiro atoms. The van der Waals surface area contributed by atoms with Crippen molar-refractivity contribution in [2.24, 2.45) is 10.4 Å². The number of ether oxygens (including phenoxy) is 1. The first-order valence-corrected chi connectivity index (χ1v) is 9.46. The SMILES string of the molecule is CCNC(=NCCc1c[nH]c2ccccc12)N1CCC2(CCOC2)C1.I. The van der Waals surface area contributed by atoms with Crippen LogP contribution in [0.4, 0.5) is 0 Å². The van der Waals surface area contributed by atoms with E-state index >= 15 is 0 Å². The van der Waals surface area contributed by atoms with Crippen LogP contribution in [0.25, 0.3) is 10.9 Å². The maximum absolute atomic E-state index is 5.65. The van der Waals surface area contributed by atoms with Gasteiger partial charge < -0.3 is 19.9 Å². The zero-order valence-corrected chi connectivity index (χ0v) is 17.8. The van der Waals surface area contributed by atoms with Gasteiger partial charge in [-0.25, -0.2) is 0 Å². The highest BCUT2D eigenvalue weighted by molar-refractivity contribution is 14.0. The molecule has 1 unspecified atom stereocenters. The zero-order chi connectivity index (χ0) is 17.1. The minimum atomic E-state index is 0. The van der Waals surface area contributed by atoms with Crippen molar-refractivity contribution in [3.63, 3.8) is 0 Å². The summed E-state index contributed by atoms with van der Waals surface area (Å²) >= 11 is 0. The predicted octanol–water partition coefficient (Wildman–Crippen LogP) is 3.41. The fourth-order valence-electron chi connectivity index (χ4n) is 4.13. The molecule has 6 heteroatoms. The summed E-state index contributed by atoms with van der Waals surface area (Å²) in [5, 5.41) is 4.79. The van der Waals surface area contributed by atoms with Gasteiger partial charge in [-0.1, -0.05) is 18.2 Å². The van der Waals surface area contributed by atoms with Gasteiger partial charge in [0, 0.05) is 55.3 Å². The van der Waals surface area contributed by atoms with Crippen molar-refractivity contribution >= 4 is 40.8 Å². The molecule has 3 heterocycles. The third-order valence-electron chi connectivity index (χ3n) is 5.58. The van der Waals surface area contributed by atoms with Crippen LogP contribution in [0.3, 0.4) is 0 Å². The number of nitrogens with one attached hydrogen (secondary N) is 2. The minimum Gasteiger partial charge on any atom is -0.381 e. The molecule has 1 aromatic heterocycles. The monoisotopic (exact) mass is 468 g/mol. The van der Waals surface area contributed by atoms with E-state index in [9.17, 15) is 0 Å². The van der Waals surface area contributed by atoms with Gasteiger partial charge in [0.2, 0.25) is 0 Å². The number of aromatic nitrogens is 1. The molecule has 0 bridgehead atoms. The Bertz CT molecular complexity index is 751. The van der Waals surface area contributed by atoms with Gasteiger partial charge in [0.05, 0.1) is 6.61 Å². The van der Waals surface area contributed by atoms with E-state index in [1.807, 2.05) is 0 Å². The summed E-state index contributed by atoms with van der Waals surface area (Å²) in [5.74, 6) is 1.06. The summed E-state index contributed by atoms with van der Waals surface area (Å²) in [7, 11) is 0. The largest absolute Gasteiger partial charge is 0.381 e. The Morgan fingerprint density at radius 3 is 3.04 bits per heavy atom. The summed E-state index contributed by atoms with van der Waals surface area (Å²) in [6.45, 7) is 7.85. The van der Waals surface area contributed by atoms with Gasteiger partial charge in [0.15, 0.2) is 5.96 Å². The molecule has 0 aliphatic carbocycles. The van der Waals surface area contributed by atoms with E-state index in [4.69, 9.17) is 9.73 Å². The molecule has 142 valence electrons. The standard InChI is InChI=1S/C20H28N4O.HI/c1-2-21-19(24-11-8-20(14-24)9-12-25-15-20)22-10-7-16-13-23-18-6-4-3-5-17(16)18;/h3-6,13,23H,2,7-12,14-15H2,1H3,(H,21,22);1H. The lowest BCUT2D eigenvalue weighted by atomic mass is 9.87. The average molecular weight is 468 g/mol. The van der Waals surface area contributed by atoms with Crippen molar-refractivity contribution < 1.29 is 4.74 Å². The number of hydrogen-bond acceptors (Lipinski definition) is 2. The molecule has 2 aliphatic rings. The number of hydrogen-bond donors (Lipinski definition) is 2. The molecule has 2 fully saturated rings. The Hall–Kier alpha value is -1.28. The van der Waals surface area contributed by atoms with Gasteiger partial charge in [-0.2, -0.15) is 0 Å². The van der Waals surface area contributed by atoms with E-state index in [2.05, 4.69) is 52.6 Å². The number of H-pyrrole nitrogens is 1. The highest BCUT2D eigenvalue weighted by Gasteiger charge is 2.42. The number of para-hydroxylation sites is 1. The third kappa shape index (κ3) is 4.01. The first-order chi connectivity index (χ1) is 12.3. The molecular weight excluding hydrogens is 439 g/mol. The Labute approximate surface area is 172 Å². The van der Waals surface area contributed by atoms with Gasteiger partial charge >= 0.3 is 0 Å². The van der Waals surface area contributed by atoms with Crippen molar-refractivity contribution in [1.29, 1.82) is 0 Å². The molecule has 4 rings (SSSR count). The third-order valence-corrected chi connectivity index (χ3v) is 5.58. The van der Waals surface area contributed by atoms with Crippen molar-refractivity contribution in [3.8, 4) is 0 Å². The van der Waals surface area contributed by atoms with E-state index in [1.165, 1.54) is 29.3 Å². The van der Waals surface area contributed by atoms with Crippen LogP contribution < -0.4 is 5.32 Å². The molecule has 1 atom stereocenters. The van der Waals surface area contributed by atoms with Crippen LogP contribution in [0.5, 0.6) is 0 Å². The van der Waals surface area contributed by atoms with Gasteiger partial charge in [0.25, 0.3) is 0 Å². The molecule has 2 aliphatic heterocycles. The number of halogens is 1. The Morgan fingerprint density at radius 1 is 1.35 bits per heavy atom. The lowest BCUT2D eigenvalue weighted by molar-refractivity contribution is 0.156. The molecule has 0 radical (unpaired) electrons. The Balaban J connectivity index is 0.00000196. The lowest BCUT2D eigenvalue weighted by Crippen LogP contribution is -2.41. The van der Waals surface area contributed by atoms with E-state index in [-0.39, 0.29) is 24.0 Å². The fraction of sp³-hybridized carbons (Fsp3) is 0.550. The fourth-order valence-corrected chi connectivity index (χ4v) is 4.13. The van der Waals surface area contributed by atoms with Crippen LogP contribution >= 0.6 is 24.0 Å². The normalized spacial score (nSPS) is 23.0. The number of aliphatic imine (C=N–C) groups is 1. The van der Waals surface area contributed by atoms with Gasteiger partial charge in [-0.3, -0.25) is 4.99 Å². The predicted molar refractivity (Wildman–Crippen MR) is 117 cm³/mol. The average Bonchev–Trinajstić information content (AvgIpc) is 3.36. The molecule has 5 nitrogen and oxygen atoms in total. The van der Waals surface area contributed by atoms with Crippen molar-refractivity contribution in [1.82, 2.24) is 15.2 Å². The molecule has 2 aromatic rings. The van der Waals surface area contributed by atoms with Crippen molar-refractivity contribution in [2.75, 3.05) is 39.4 Å². The molecule has 2 N–H and O–H groups in total. The number of rotatable bonds is 4. The van der Waals surface area contributed by atoms with E-state index in [1.54, 1.807) is 0 Å². The van der Waals surface area contributed by atoms with Crippen molar-refractivity contribution in [3.05, 3.63) is 36.0 Å². The van der Waals surface area contributed by atoms with E-state index in [0.717, 1.165) is 51.8 Å². The highest BCUT2D eigenvalue weighted by atomic mass is 127. The molecule has 2 saturated heterocycles. The molecular formula is C20H29IN4O. The second kappa shape index (κ2) is 8.61. The quantitative estimate of drug-likeness (QED) is 0.411. The van der Waals surface area contributed by atoms with Crippen LogP contribution in [-0.4, -0.2) is 55.2 Å². The number of nitrogens with zero attached hydrogens (tertiary/aromatic N) is 2.